The number of nitrogens with zero attached hydrogens (tertiary/aromatic N) is 1. The lowest BCUT2D eigenvalue weighted by Crippen LogP contribution is -2.35. The molecule has 1 aliphatic heterocycles. The highest BCUT2D eigenvalue weighted by atomic mass is 16.4. The Hall–Kier alpha value is -2.13. The smallest absolute Gasteiger partial charge is 0.306 e. The maximum atomic E-state index is 11.1. The van der Waals surface area contributed by atoms with Gasteiger partial charge in [-0.15, -0.1) is 0 Å². The molecule has 2 aromatic rings. The molecular formula is C24H27NO2. The fourth-order valence-electron chi connectivity index (χ4n) is 5.34. The Morgan fingerprint density at radius 2 is 1.78 bits per heavy atom. The van der Waals surface area contributed by atoms with Gasteiger partial charge in [0.25, 0.3) is 0 Å². The van der Waals surface area contributed by atoms with Gasteiger partial charge in [-0.25, -0.2) is 0 Å². The van der Waals surface area contributed by atoms with E-state index in [0.717, 1.165) is 44.3 Å². The Kier molecular flexibility index (Phi) is 4.28. The Balaban J connectivity index is 1.31. The van der Waals surface area contributed by atoms with E-state index in [4.69, 9.17) is 5.11 Å². The van der Waals surface area contributed by atoms with Gasteiger partial charge in [-0.3, -0.25) is 9.69 Å². The Morgan fingerprint density at radius 3 is 2.48 bits per heavy atom. The molecule has 0 aromatic heterocycles. The highest BCUT2D eigenvalue weighted by molar-refractivity contribution is 5.87. The number of hydrogen-bond donors (Lipinski definition) is 1. The van der Waals surface area contributed by atoms with Crippen LogP contribution in [-0.2, 0) is 11.3 Å². The van der Waals surface area contributed by atoms with E-state index in [2.05, 4.69) is 47.4 Å². The van der Waals surface area contributed by atoms with Crippen LogP contribution in [0.1, 0.15) is 43.2 Å². The molecule has 3 heteroatoms. The third-order valence-corrected chi connectivity index (χ3v) is 6.91. The monoisotopic (exact) mass is 361 g/mol. The van der Waals surface area contributed by atoms with E-state index in [9.17, 15) is 4.79 Å². The minimum absolute atomic E-state index is 0.156. The van der Waals surface area contributed by atoms with Crippen LogP contribution < -0.4 is 0 Å². The SMILES string of the molecule is O=C(O)C1CCN(Cc2ccc3cc(C4=CC5CCC4C5)ccc3c2)CC1. The van der Waals surface area contributed by atoms with Gasteiger partial charge < -0.3 is 5.11 Å². The minimum atomic E-state index is -0.637. The van der Waals surface area contributed by atoms with E-state index in [-0.39, 0.29) is 5.92 Å². The first-order chi connectivity index (χ1) is 13.2. The zero-order valence-corrected chi connectivity index (χ0v) is 15.7. The quantitative estimate of drug-likeness (QED) is 0.838. The normalized spacial score (nSPS) is 25.9. The molecule has 2 unspecified atom stereocenters. The predicted octanol–water partition coefficient (Wildman–Crippen LogP) is 4.95. The summed E-state index contributed by atoms with van der Waals surface area (Å²) in [6.45, 7) is 2.67. The summed E-state index contributed by atoms with van der Waals surface area (Å²) in [5, 5.41) is 11.8. The van der Waals surface area contributed by atoms with Crippen LogP contribution >= 0.6 is 0 Å². The highest BCUT2D eigenvalue weighted by Gasteiger charge is 2.33. The molecule has 1 saturated carbocycles. The van der Waals surface area contributed by atoms with Crippen molar-refractivity contribution in [2.24, 2.45) is 17.8 Å². The zero-order chi connectivity index (χ0) is 18.4. The molecule has 1 N–H and O–H groups in total. The largest absolute Gasteiger partial charge is 0.481 e. The number of piperidine rings is 1. The maximum absolute atomic E-state index is 11.1. The average Bonchev–Trinajstić information content (AvgIpc) is 3.31. The molecular weight excluding hydrogens is 334 g/mol. The molecule has 5 rings (SSSR count). The van der Waals surface area contributed by atoms with Gasteiger partial charge in [0, 0.05) is 6.54 Å². The van der Waals surface area contributed by atoms with Gasteiger partial charge in [0.15, 0.2) is 0 Å². The van der Waals surface area contributed by atoms with Crippen molar-refractivity contribution in [2.75, 3.05) is 13.1 Å². The van der Waals surface area contributed by atoms with Crippen molar-refractivity contribution in [1.29, 1.82) is 0 Å². The lowest BCUT2D eigenvalue weighted by atomic mass is 9.91. The minimum Gasteiger partial charge on any atom is -0.481 e. The van der Waals surface area contributed by atoms with Crippen LogP contribution in [0.3, 0.4) is 0 Å². The van der Waals surface area contributed by atoms with Crippen LogP contribution in [-0.4, -0.2) is 29.1 Å². The summed E-state index contributed by atoms with van der Waals surface area (Å²) in [5.74, 6) is 0.826. The van der Waals surface area contributed by atoms with Gasteiger partial charge in [0.05, 0.1) is 5.92 Å². The van der Waals surface area contributed by atoms with Crippen LogP contribution in [0.4, 0.5) is 0 Å². The molecule has 0 amide bonds. The van der Waals surface area contributed by atoms with Crippen LogP contribution in [0.15, 0.2) is 42.5 Å². The molecule has 2 atom stereocenters. The summed E-state index contributed by atoms with van der Waals surface area (Å²) in [7, 11) is 0. The molecule has 1 heterocycles. The lowest BCUT2D eigenvalue weighted by molar-refractivity contribution is -0.143. The molecule has 3 aliphatic rings. The summed E-state index contributed by atoms with van der Waals surface area (Å²) in [6.07, 6.45) is 8.17. The third-order valence-electron chi connectivity index (χ3n) is 6.91. The molecule has 2 aliphatic carbocycles. The summed E-state index contributed by atoms with van der Waals surface area (Å²) in [6, 6.07) is 13.7. The van der Waals surface area contributed by atoms with Gasteiger partial charge in [-0.05, 0) is 96.6 Å². The fourth-order valence-corrected chi connectivity index (χ4v) is 5.34. The fraction of sp³-hybridized carbons (Fsp3) is 0.458. The van der Waals surface area contributed by atoms with Crippen molar-refractivity contribution in [2.45, 2.75) is 38.6 Å². The lowest BCUT2D eigenvalue weighted by Gasteiger charge is -2.30. The molecule has 140 valence electrons. The number of carbonyl (C=O) groups is 1. The maximum Gasteiger partial charge on any atom is 0.306 e. The van der Waals surface area contributed by atoms with Crippen molar-refractivity contribution >= 4 is 22.3 Å². The topological polar surface area (TPSA) is 40.5 Å². The molecule has 1 saturated heterocycles. The first-order valence-electron chi connectivity index (χ1n) is 10.4. The second-order valence-electron chi connectivity index (χ2n) is 8.68. The van der Waals surface area contributed by atoms with E-state index in [0.29, 0.717) is 0 Å². The molecule has 0 radical (unpaired) electrons. The molecule has 3 nitrogen and oxygen atoms in total. The van der Waals surface area contributed by atoms with Gasteiger partial charge in [-0.2, -0.15) is 0 Å². The number of benzene rings is 2. The number of allylic oxidation sites excluding steroid dienone is 2. The Labute approximate surface area is 160 Å². The van der Waals surface area contributed by atoms with Gasteiger partial charge in [0.2, 0.25) is 0 Å². The zero-order valence-electron chi connectivity index (χ0n) is 15.7. The number of aliphatic carboxylic acids is 1. The van der Waals surface area contributed by atoms with E-state index in [1.807, 2.05) is 0 Å². The number of rotatable bonds is 4. The number of likely N-dealkylation sites (tertiary alicyclic amines) is 1. The number of fused-ring (bicyclic) bond motifs is 3. The molecule has 2 bridgehead atoms. The van der Waals surface area contributed by atoms with Crippen LogP contribution in [0.25, 0.3) is 16.3 Å². The van der Waals surface area contributed by atoms with Crippen molar-refractivity contribution in [1.82, 2.24) is 4.90 Å². The van der Waals surface area contributed by atoms with Gasteiger partial charge in [0.1, 0.15) is 0 Å². The van der Waals surface area contributed by atoms with Crippen molar-refractivity contribution in [3.63, 3.8) is 0 Å². The molecule has 27 heavy (non-hydrogen) atoms. The van der Waals surface area contributed by atoms with E-state index in [1.54, 1.807) is 5.57 Å². The van der Waals surface area contributed by atoms with Crippen LogP contribution in [0.5, 0.6) is 0 Å². The summed E-state index contributed by atoms with van der Waals surface area (Å²) >= 11 is 0. The standard InChI is InChI=1S/C24H27NO2/c26-24(27)18-7-9-25(10-8-18)15-17-2-3-20-14-22(6-5-19(20)12-17)23-13-16-1-4-21(23)11-16/h2-3,5-6,12-14,16,18,21H,1,4,7-11,15H2,(H,26,27). The van der Waals surface area contributed by atoms with Crippen molar-refractivity contribution in [3.05, 3.63) is 53.6 Å². The third kappa shape index (κ3) is 3.29. The average molecular weight is 361 g/mol. The van der Waals surface area contributed by atoms with Gasteiger partial charge >= 0.3 is 5.97 Å². The van der Waals surface area contributed by atoms with Crippen LogP contribution in [0, 0.1) is 17.8 Å². The first kappa shape index (κ1) is 17.0. The summed E-state index contributed by atoms with van der Waals surface area (Å²) in [5.41, 5.74) is 4.32. The number of hydrogen-bond acceptors (Lipinski definition) is 2. The number of carboxylic acid groups (broad SMARTS) is 1. The van der Waals surface area contributed by atoms with Crippen LogP contribution in [0.2, 0.25) is 0 Å². The first-order valence-corrected chi connectivity index (χ1v) is 10.4. The summed E-state index contributed by atoms with van der Waals surface area (Å²) < 4.78 is 0. The summed E-state index contributed by atoms with van der Waals surface area (Å²) in [4.78, 5) is 13.5. The second-order valence-corrected chi connectivity index (χ2v) is 8.68. The Morgan fingerprint density at radius 1 is 1.00 bits per heavy atom. The van der Waals surface area contributed by atoms with Gasteiger partial charge in [-0.1, -0.05) is 30.3 Å². The van der Waals surface area contributed by atoms with Crippen molar-refractivity contribution < 1.29 is 9.90 Å². The van der Waals surface area contributed by atoms with Crippen molar-refractivity contribution in [3.8, 4) is 0 Å². The van der Waals surface area contributed by atoms with E-state index >= 15 is 0 Å². The predicted molar refractivity (Wildman–Crippen MR) is 108 cm³/mol. The molecule has 0 spiro atoms. The number of carboxylic acids is 1. The highest BCUT2D eigenvalue weighted by Crippen LogP contribution is 2.48. The molecule has 2 aromatic carbocycles. The molecule has 2 fully saturated rings. The Bertz CT molecular complexity index is 908. The second kappa shape index (κ2) is 6.79. The van der Waals surface area contributed by atoms with E-state index < -0.39 is 5.97 Å². The van der Waals surface area contributed by atoms with E-state index in [1.165, 1.54) is 41.2 Å².